The summed E-state index contributed by atoms with van der Waals surface area (Å²) in [6, 6.07) is 12.5. The molecule has 0 saturated heterocycles. The van der Waals surface area contributed by atoms with E-state index in [0.717, 1.165) is 29.7 Å². The number of carbonyl (C=O) groups excluding carboxylic acids is 1. The third kappa shape index (κ3) is 3.06. The van der Waals surface area contributed by atoms with Crippen molar-refractivity contribution >= 4 is 5.97 Å². The van der Waals surface area contributed by atoms with E-state index in [1.165, 1.54) is 16.7 Å². The number of hydrogen-bond donors (Lipinski definition) is 0. The first kappa shape index (κ1) is 18.7. The van der Waals surface area contributed by atoms with Crippen LogP contribution in [0.25, 0.3) is 0 Å². The molecular formula is C24H30O2. The summed E-state index contributed by atoms with van der Waals surface area (Å²) in [5.74, 6) is 1.52. The van der Waals surface area contributed by atoms with Crippen LogP contribution in [-0.2, 0) is 16.6 Å². The van der Waals surface area contributed by atoms with E-state index in [1.54, 1.807) is 0 Å². The highest BCUT2D eigenvalue weighted by molar-refractivity contribution is 5.95. The molecule has 0 N–H and O–H groups in total. The van der Waals surface area contributed by atoms with Gasteiger partial charge in [0.25, 0.3) is 0 Å². The fourth-order valence-electron chi connectivity index (χ4n) is 4.23. The molecule has 3 rings (SSSR count). The van der Waals surface area contributed by atoms with Gasteiger partial charge in [-0.25, -0.2) is 0 Å². The van der Waals surface area contributed by atoms with Crippen molar-refractivity contribution in [2.24, 2.45) is 11.8 Å². The van der Waals surface area contributed by atoms with Crippen molar-refractivity contribution < 1.29 is 9.53 Å². The second-order valence-electron chi connectivity index (χ2n) is 8.58. The van der Waals surface area contributed by atoms with Gasteiger partial charge in [-0.15, -0.1) is 0 Å². The molecule has 0 spiro atoms. The molecule has 1 unspecified atom stereocenters. The number of fused-ring (bicyclic) bond motifs is 1. The van der Waals surface area contributed by atoms with Crippen molar-refractivity contribution in [2.45, 2.75) is 59.8 Å². The molecule has 0 amide bonds. The quantitative estimate of drug-likeness (QED) is 0.507. The first-order chi connectivity index (χ1) is 12.3. The number of benzene rings is 2. The maximum absolute atomic E-state index is 13.3. The summed E-state index contributed by atoms with van der Waals surface area (Å²) in [5, 5.41) is 0. The third-order valence-electron chi connectivity index (χ3n) is 5.43. The zero-order valence-corrected chi connectivity index (χ0v) is 16.8. The Labute approximate surface area is 157 Å². The summed E-state index contributed by atoms with van der Waals surface area (Å²) >= 11 is 0. The Bertz CT molecular complexity index is 832. The average Bonchev–Trinajstić information content (AvgIpc) is 2.83. The second-order valence-corrected chi connectivity index (χ2v) is 8.58. The first-order valence-electron chi connectivity index (χ1n) is 9.68. The molecule has 1 aliphatic heterocycles. The Morgan fingerprint density at radius 3 is 2.31 bits per heavy atom. The standard InChI is InChI=1S/C24H30O2/c1-15(2)12-19-8-7-9-21-22(19)24(14-16(3)4,23(25)26-21)20-11-10-17(5)18(6)13-20/h7-11,13,15-16H,12,14H2,1-6H3. The van der Waals surface area contributed by atoms with Crippen molar-refractivity contribution in [3.63, 3.8) is 0 Å². The highest BCUT2D eigenvalue weighted by Crippen LogP contribution is 2.50. The largest absolute Gasteiger partial charge is 0.425 e. The van der Waals surface area contributed by atoms with Crippen LogP contribution in [0.15, 0.2) is 36.4 Å². The topological polar surface area (TPSA) is 26.3 Å². The predicted molar refractivity (Wildman–Crippen MR) is 107 cm³/mol. The minimum absolute atomic E-state index is 0.124. The average molecular weight is 351 g/mol. The summed E-state index contributed by atoms with van der Waals surface area (Å²) in [4.78, 5) is 13.3. The molecule has 1 aliphatic rings. The van der Waals surface area contributed by atoms with E-state index in [9.17, 15) is 4.79 Å². The van der Waals surface area contributed by atoms with Crippen molar-refractivity contribution in [1.29, 1.82) is 0 Å². The normalized spacial score (nSPS) is 19.2. The van der Waals surface area contributed by atoms with E-state index in [-0.39, 0.29) is 5.97 Å². The van der Waals surface area contributed by atoms with Crippen molar-refractivity contribution in [3.8, 4) is 5.75 Å². The van der Waals surface area contributed by atoms with Gasteiger partial charge in [-0.05, 0) is 66.8 Å². The lowest BCUT2D eigenvalue weighted by molar-refractivity contribution is -0.137. The van der Waals surface area contributed by atoms with E-state index in [0.29, 0.717) is 11.8 Å². The summed E-state index contributed by atoms with van der Waals surface area (Å²) in [5.41, 5.74) is 5.16. The van der Waals surface area contributed by atoms with E-state index < -0.39 is 5.41 Å². The SMILES string of the molecule is Cc1ccc(C2(CC(C)C)C(=O)Oc3cccc(CC(C)C)c32)cc1C. The van der Waals surface area contributed by atoms with Crippen LogP contribution in [0.5, 0.6) is 5.75 Å². The molecule has 2 heteroatoms. The van der Waals surface area contributed by atoms with Gasteiger partial charge in [-0.1, -0.05) is 58.0 Å². The Morgan fingerprint density at radius 1 is 0.962 bits per heavy atom. The van der Waals surface area contributed by atoms with Crippen LogP contribution in [0.1, 0.15) is 61.9 Å². The van der Waals surface area contributed by atoms with Crippen LogP contribution in [0.4, 0.5) is 0 Å². The smallest absolute Gasteiger partial charge is 0.326 e. The van der Waals surface area contributed by atoms with Crippen LogP contribution >= 0.6 is 0 Å². The minimum Gasteiger partial charge on any atom is -0.425 e. The molecule has 1 heterocycles. The van der Waals surface area contributed by atoms with Gasteiger partial charge in [-0.3, -0.25) is 4.79 Å². The molecule has 26 heavy (non-hydrogen) atoms. The van der Waals surface area contributed by atoms with Gasteiger partial charge in [0.15, 0.2) is 0 Å². The summed E-state index contributed by atoms with van der Waals surface area (Å²) in [6.45, 7) is 13.0. The highest BCUT2D eigenvalue weighted by Gasteiger charge is 2.52. The van der Waals surface area contributed by atoms with Crippen LogP contribution in [-0.4, -0.2) is 5.97 Å². The Morgan fingerprint density at radius 2 is 1.69 bits per heavy atom. The van der Waals surface area contributed by atoms with E-state index in [1.807, 2.05) is 12.1 Å². The van der Waals surface area contributed by atoms with Crippen LogP contribution in [0, 0.1) is 25.7 Å². The highest BCUT2D eigenvalue weighted by atomic mass is 16.5. The first-order valence-corrected chi connectivity index (χ1v) is 9.68. The maximum atomic E-state index is 13.3. The van der Waals surface area contributed by atoms with Crippen molar-refractivity contribution in [3.05, 3.63) is 64.2 Å². The van der Waals surface area contributed by atoms with Gasteiger partial charge in [0.05, 0.1) is 0 Å². The second kappa shape index (κ2) is 6.90. The number of rotatable bonds is 5. The van der Waals surface area contributed by atoms with Gasteiger partial charge in [0, 0.05) is 5.56 Å². The molecule has 2 aromatic rings. The Balaban J connectivity index is 2.29. The fraction of sp³-hybridized carbons (Fsp3) is 0.458. The van der Waals surface area contributed by atoms with Crippen LogP contribution < -0.4 is 4.74 Å². The number of carbonyl (C=O) groups is 1. The summed E-state index contributed by atoms with van der Waals surface area (Å²) in [7, 11) is 0. The zero-order chi connectivity index (χ0) is 19.1. The molecular weight excluding hydrogens is 320 g/mol. The fourth-order valence-corrected chi connectivity index (χ4v) is 4.23. The van der Waals surface area contributed by atoms with E-state index in [2.05, 4.69) is 65.8 Å². The lowest BCUT2D eigenvalue weighted by Crippen LogP contribution is -2.37. The van der Waals surface area contributed by atoms with Gasteiger partial charge in [0.2, 0.25) is 0 Å². The molecule has 0 radical (unpaired) electrons. The summed E-state index contributed by atoms with van der Waals surface area (Å²) < 4.78 is 5.83. The molecule has 2 nitrogen and oxygen atoms in total. The lowest BCUT2D eigenvalue weighted by Gasteiger charge is -2.31. The molecule has 138 valence electrons. The molecule has 0 aliphatic carbocycles. The van der Waals surface area contributed by atoms with Gasteiger partial charge < -0.3 is 4.74 Å². The van der Waals surface area contributed by atoms with Crippen molar-refractivity contribution in [1.82, 2.24) is 0 Å². The van der Waals surface area contributed by atoms with Gasteiger partial charge >= 0.3 is 5.97 Å². The van der Waals surface area contributed by atoms with Gasteiger partial charge in [-0.2, -0.15) is 0 Å². The van der Waals surface area contributed by atoms with Crippen LogP contribution in [0.2, 0.25) is 0 Å². The monoisotopic (exact) mass is 350 g/mol. The molecule has 0 fully saturated rings. The van der Waals surface area contributed by atoms with Crippen molar-refractivity contribution in [2.75, 3.05) is 0 Å². The Kier molecular flexibility index (Phi) is 4.96. The number of aryl methyl sites for hydroxylation is 2. The third-order valence-corrected chi connectivity index (χ3v) is 5.43. The molecule has 0 aromatic heterocycles. The summed E-state index contributed by atoms with van der Waals surface area (Å²) in [6.07, 6.45) is 1.71. The number of hydrogen-bond acceptors (Lipinski definition) is 2. The predicted octanol–water partition coefficient (Wildman–Crippen LogP) is 5.75. The van der Waals surface area contributed by atoms with E-state index in [4.69, 9.17) is 4.74 Å². The number of esters is 1. The lowest BCUT2D eigenvalue weighted by atomic mass is 9.68. The number of ether oxygens (including phenoxy) is 1. The molecule has 0 bridgehead atoms. The Hall–Kier alpha value is -2.09. The molecule has 0 saturated carbocycles. The maximum Gasteiger partial charge on any atom is 0.326 e. The van der Waals surface area contributed by atoms with E-state index >= 15 is 0 Å². The minimum atomic E-state index is -0.701. The van der Waals surface area contributed by atoms with Crippen LogP contribution in [0.3, 0.4) is 0 Å². The van der Waals surface area contributed by atoms with Gasteiger partial charge in [0.1, 0.15) is 11.2 Å². The molecule has 2 aromatic carbocycles. The zero-order valence-electron chi connectivity index (χ0n) is 16.8. The molecule has 1 atom stereocenters.